The van der Waals surface area contributed by atoms with Crippen molar-refractivity contribution in [1.82, 2.24) is 4.57 Å². The second kappa shape index (κ2) is 4.46. The molecule has 0 radical (unpaired) electrons. The first-order valence-corrected chi connectivity index (χ1v) is 7.50. The van der Waals surface area contributed by atoms with Gasteiger partial charge < -0.3 is 10.3 Å². The Morgan fingerprint density at radius 1 is 1.32 bits per heavy atom. The first-order valence-electron chi connectivity index (χ1n) is 6.28. The van der Waals surface area contributed by atoms with Crippen LogP contribution in [0.25, 0.3) is 0 Å². The maximum atomic E-state index is 5.91. The summed E-state index contributed by atoms with van der Waals surface area (Å²) < 4.78 is 2.27. The highest BCUT2D eigenvalue weighted by Crippen LogP contribution is 2.35. The van der Waals surface area contributed by atoms with Crippen LogP contribution in [-0.2, 0) is 12.1 Å². The fraction of sp³-hybridized carbons (Fsp3) is 0.267. The Hall–Kier alpha value is -1.68. The number of aliphatic imine (C=N–C) groups is 1. The Bertz CT molecular complexity index is 644. The number of nitrogen functional groups attached to an aromatic ring is 1. The molecule has 0 bridgehead atoms. The molecule has 98 valence electrons. The van der Waals surface area contributed by atoms with Crippen LogP contribution in [0, 0.1) is 0 Å². The lowest BCUT2D eigenvalue weighted by Gasteiger charge is -2.32. The van der Waals surface area contributed by atoms with Crippen molar-refractivity contribution in [2.24, 2.45) is 4.99 Å². The molecular formula is C15H17N3S. The smallest absolute Gasteiger partial charge is 0.115 e. The predicted octanol–water partition coefficient (Wildman–Crippen LogP) is 3.11. The van der Waals surface area contributed by atoms with Gasteiger partial charge in [0.1, 0.15) is 10.6 Å². The SMILES string of the molecule is CSC1=NC(C)(c2cccc(N)c2)Cn2cccc21. The summed E-state index contributed by atoms with van der Waals surface area (Å²) in [6.07, 6.45) is 4.19. The molecule has 1 aliphatic heterocycles. The molecule has 2 heterocycles. The Labute approximate surface area is 117 Å². The van der Waals surface area contributed by atoms with E-state index in [1.807, 2.05) is 18.2 Å². The highest BCUT2D eigenvalue weighted by molar-refractivity contribution is 8.13. The van der Waals surface area contributed by atoms with Crippen molar-refractivity contribution in [3.05, 3.63) is 53.9 Å². The molecule has 1 aromatic carbocycles. The summed E-state index contributed by atoms with van der Waals surface area (Å²) in [4.78, 5) is 4.96. The van der Waals surface area contributed by atoms with Gasteiger partial charge in [0.25, 0.3) is 0 Å². The number of hydrogen-bond acceptors (Lipinski definition) is 3. The molecule has 19 heavy (non-hydrogen) atoms. The monoisotopic (exact) mass is 271 g/mol. The van der Waals surface area contributed by atoms with Crippen LogP contribution < -0.4 is 5.73 Å². The fourth-order valence-corrected chi connectivity index (χ4v) is 3.26. The third kappa shape index (κ3) is 2.06. The average molecular weight is 271 g/mol. The normalized spacial score (nSPS) is 21.9. The number of benzene rings is 1. The van der Waals surface area contributed by atoms with Gasteiger partial charge in [-0.3, -0.25) is 4.99 Å². The molecule has 1 atom stereocenters. The van der Waals surface area contributed by atoms with E-state index in [0.717, 1.165) is 17.3 Å². The highest BCUT2D eigenvalue weighted by atomic mass is 32.2. The third-order valence-electron chi connectivity index (χ3n) is 3.58. The van der Waals surface area contributed by atoms with E-state index in [9.17, 15) is 0 Å². The second-order valence-electron chi connectivity index (χ2n) is 5.04. The minimum absolute atomic E-state index is 0.250. The molecule has 3 rings (SSSR count). The molecule has 0 saturated carbocycles. The minimum atomic E-state index is -0.250. The number of aromatic nitrogens is 1. The van der Waals surface area contributed by atoms with Gasteiger partial charge in [0, 0.05) is 11.9 Å². The molecular weight excluding hydrogens is 254 g/mol. The summed E-state index contributed by atoms with van der Waals surface area (Å²) in [6, 6.07) is 12.2. The Kier molecular flexibility index (Phi) is 2.90. The number of anilines is 1. The maximum Gasteiger partial charge on any atom is 0.115 e. The van der Waals surface area contributed by atoms with Gasteiger partial charge in [-0.25, -0.2) is 0 Å². The van der Waals surface area contributed by atoms with Crippen LogP contribution in [0.3, 0.4) is 0 Å². The van der Waals surface area contributed by atoms with Crippen molar-refractivity contribution >= 4 is 22.5 Å². The second-order valence-corrected chi connectivity index (χ2v) is 5.84. The molecule has 1 aliphatic rings. The highest BCUT2D eigenvalue weighted by Gasteiger charge is 2.32. The number of thioether (sulfide) groups is 1. The van der Waals surface area contributed by atoms with Crippen molar-refractivity contribution in [2.75, 3.05) is 12.0 Å². The van der Waals surface area contributed by atoms with Gasteiger partial charge >= 0.3 is 0 Å². The lowest BCUT2D eigenvalue weighted by Crippen LogP contribution is -2.32. The van der Waals surface area contributed by atoms with Crippen LogP contribution >= 0.6 is 11.8 Å². The van der Waals surface area contributed by atoms with E-state index in [4.69, 9.17) is 10.7 Å². The van der Waals surface area contributed by atoms with E-state index in [1.165, 1.54) is 11.3 Å². The van der Waals surface area contributed by atoms with Crippen molar-refractivity contribution in [3.8, 4) is 0 Å². The summed E-state index contributed by atoms with van der Waals surface area (Å²) in [5.41, 5.74) is 8.81. The number of nitrogens with two attached hydrogens (primary N) is 1. The largest absolute Gasteiger partial charge is 0.399 e. The van der Waals surface area contributed by atoms with E-state index in [0.29, 0.717) is 0 Å². The van der Waals surface area contributed by atoms with Gasteiger partial charge in [0.15, 0.2) is 0 Å². The summed E-state index contributed by atoms with van der Waals surface area (Å²) >= 11 is 1.69. The van der Waals surface area contributed by atoms with E-state index < -0.39 is 0 Å². The van der Waals surface area contributed by atoms with Gasteiger partial charge in [-0.15, -0.1) is 11.8 Å². The molecule has 1 aromatic heterocycles. The fourth-order valence-electron chi connectivity index (χ4n) is 2.57. The van der Waals surface area contributed by atoms with Crippen molar-refractivity contribution in [1.29, 1.82) is 0 Å². The molecule has 2 aromatic rings. The van der Waals surface area contributed by atoms with Crippen LogP contribution in [-0.4, -0.2) is 15.9 Å². The van der Waals surface area contributed by atoms with Crippen LogP contribution in [0.4, 0.5) is 5.69 Å². The predicted molar refractivity (Wildman–Crippen MR) is 82.7 cm³/mol. The van der Waals surface area contributed by atoms with Crippen LogP contribution in [0.15, 0.2) is 47.6 Å². The molecule has 1 unspecified atom stereocenters. The first-order chi connectivity index (χ1) is 9.12. The topological polar surface area (TPSA) is 43.3 Å². The number of fused-ring (bicyclic) bond motifs is 1. The third-order valence-corrected chi connectivity index (χ3v) is 4.26. The van der Waals surface area contributed by atoms with E-state index in [1.54, 1.807) is 11.8 Å². The zero-order chi connectivity index (χ0) is 13.5. The standard InChI is InChI=1S/C15H17N3S/c1-15(11-5-3-6-12(16)9-11)10-18-8-4-7-13(18)14(17-15)19-2/h3-9H,10,16H2,1-2H3. The zero-order valence-corrected chi connectivity index (χ0v) is 11.9. The van der Waals surface area contributed by atoms with Crippen LogP contribution in [0.1, 0.15) is 18.2 Å². The minimum Gasteiger partial charge on any atom is -0.399 e. The van der Waals surface area contributed by atoms with Gasteiger partial charge in [-0.05, 0) is 43.0 Å². The van der Waals surface area contributed by atoms with Gasteiger partial charge in [-0.2, -0.15) is 0 Å². The van der Waals surface area contributed by atoms with Gasteiger partial charge in [0.2, 0.25) is 0 Å². The summed E-state index contributed by atoms with van der Waals surface area (Å²) in [7, 11) is 0. The molecule has 2 N–H and O–H groups in total. The van der Waals surface area contributed by atoms with Crippen molar-refractivity contribution in [2.45, 2.75) is 19.0 Å². The Morgan fingerprint density at radius 2 is 2.16 bits per heavy atom. The van der Waals surface area contributed by atoms with Crippen LogP contribution in [0.5, 0.6) is 0 Å². The lowest BCUT2D eigenvalue weighted by molar-refractivity contribution is 0.405. The van der Waals surface area contributed by atoms with Gasteiger partial charge in [0.05, 0.1) is 12.2 Å². The van der Waals surface area contributed by atoms with E-state index in [2.05, 4.69) is 42.1 Å². The summed E-state index contributed by atoms with van der Waals surface area (Å²) in [6.45, 7) is 3.02. The van der Waals surface area contributed by atoms with E-state index >= 15 is 0 Å². The summed E-state index contributed by atoms with van der Waals surface area (Å²) in [5.74, 6) is 0. The molecule has 4 heteroatoms. The van der Waals surface area contributed by atoms with Crippen LogP contribution in [0.2, 0.25) is 0 Å². The van der Waals surface area contributed by atoms with Gasteiger partial charge in [-0.1, -0.05) is 12.1 Å². The van der Waals surface area contributed by atoms with Crippen molar-refractivity contribution < 1.29 is 0 Å². The number of hydrogen-bond donors (Lipinski definition) is 1. The van der Waals surface area contributed by atoms with E-state index in [-0.39, 0.29) is 5.54 Å². The molecule has 0 spiro atoms. The molecule has 0 amide bonds. The lowest BCUT2D eigenvalue weighted by atomic mass is 9.91. The van der Waals surface area contributed by atoms with Crippen molar-refractivity contribution in [3.63, 3.8) is 0 Å². The maximum absolute atomic E-state index is 5.91. The molecule has 0 fully saturated rings. The Morgan fingerprint density at radius 3 is 2.89 bits per heavy atom. The number of rotatable bonds is 1. The molecule has 0 saturated heterocycles. The average Bonchev–Trinajstić information content (AvgIpc) is 2.85. The summed E-state index contributed by atoms with van der Waals surface area (Å²) in [5, 5.41) is 1.08. The molecule has 0 aliphatic carbocycles. The zero-order valence-electron chi connectivity index (χ0n) is 11.1. The molecule has 3 nitrogen and oxygen atoms in total. The quantitative estimate of drug-likeness (QED) is 0.810. The Balaban J connectivity index is 2.11. The number of nitrogens with zero attached hydrogens (tertiary/aromatic N) is 2. The first kappa shape index (κ1) is 12.4.